The Morgan fingerprint density at radius 1 is 1.36 bits per heavy atom. The number of ether oxygens (including phenoxy) is 1. The van der Waals surface area contributed by atoms with Gasteiger partial charge in [0.2, 0.25) is 5.91 Å². The van der Waals surface area contributed by atoms with E-state index in [2.05, 4.69) is 0 Å². The van der Waals surface area contributed by atoms with Crippen LogP contribution in [-0.4, -0.2) is 43.8 Å². The van der Waals surface area contributed by atoms with E-state index in [-0.39, 0.29) is 29.8 Å². The van der Waals surface area contributed by atoms with E-state index < -0.39 is 15.4 Å². The summed E-state index contributed by atoms with van der Waals surface area (Å²) >= 11 is 0. The first-order valence-electron chi connectivity index (χ1n) is 7.94. The van der Waals surface area contributed by atoms with E-state index >= 15 is 0 Å². The van der Waals surface area contributed by atoms with Crippen LogP contribution in [0.4, 0.5) is 4.39 Å². The highest BCUT2D eigenvalue weighted by atomic mass is 32.2. The topological polar surface area (TPSA) is 89.7 Å². The van der Waals surface area contributed by atoms with Crippen LogP contribution < -0.4 is 10.5 Å². The number of rotatable bonds is 7. The first-order chi connectivity index (χ1) is 11.7. The number of carbonyl (C=O) groups excluding carboxylic acids is 1. The predicted molar refractivity (Wildman–Crippen MR) is 92.4 cm³/mol. The number of benzene rings is 1. The number of nitrogens with zero attached hydrogens (tertiary/aromatic N) is 1. The van der Waals surface area contributed by atoms with E-state index in [1.165, 1.54) is 29.2 Å². The standard InChI is InChI=1S/C17H23FN2O4S/c1-17(2)8-7-16(21)20(17)12-25(22,23)15-5-3-14(4-6-15)24-11-13(9-18)10-19/h3-6,9H,7-8,10-12,19H2,1-2H3/b13-9+. The number of hydrogen-bond donors (Lipinski definition) is 1. The summed E-state index contributed by atoms with van der Waals surface area (Å²) in [5.41, 5.74) is 5.17. The van der Waals surface area contributed by atoms with Crippen LogP contribution in [-0.2, 0) is 14.6 Å². The summed E-state index contributed by atoms with van der Waals surface area (Å²) in [5, 5.41) is 0. The molecule has 2 rings (SSSR count). The highest BCUT2D eigenvalue weighted by Gasteiger charge is 2.40. The number of carbonyl (C=O) groups is 1. The lowest BCUT2D eigenvalue weighted by Gasteiger charge is -2.31. The number of hydrogen-bond acceptors (Lipinski definition) is 5. The summed E-state index contributed by atoms with van der Waals surface area (Å²) in [5.74, 6) is -0.0915. The lowest BCUT2D eigenvalue weighted by atomic mass is 10.0. The van der Waals surface area contributed by atoms with E-state index in [0.717, 1.165) is 0 Å². The van der Waals surface area contributed by atoms with E-state index in [9.17, 15) is 17.6 Å². The Morgan fingerprint density at radius 2 is 2.00 bits per heavy atom. The van der Waals surface area contributed by atoms with Gasteiger partial charge in [-0.3, -0.25) is 4.79 Å². The first kappa shape index (κ1) is 19.4. The van der Waals surface area contributed by atoms with Gasteiger partial charge in [-0.25, -0.2) is 12.8 Å². The Labute approximate surface area is 147 Å². The van der Waals surface area contributed by atoms with E-state index in [1.807, 2.05) is 13.8 Å². The minimum atomic E-state index is -3.65. The zero-order valence-electron chi connectivity index (χ0n) is 14.4. The SMILES string of the molecule is CC1(C)CCC(=O)N1CS(=O)(=O)c1ccc(OC/C(=C/F)CN)cc1. The molecule has 0 spiro atoms. The van der Waals surface area contributed by atoms with Crippen LogP contribution in [0, 0.1) is 0 Å². The largest absolute Gasteiger partial charge is 0.489 e. The van der Waals surface area contributed by atoms with Gasteiger partial charge >= 0.3 is 0 Å². The molecule has 0 aromatic heterocycles. The molecule has 1 aromatic carbocycles. The van der Waals surface area contributed by atoms with Gasteiger partial charge in [0.1, 0.15) is 18.2 Å². The quantitative estimate of drug-likeness (QED) is 0.793. The van der Waals surface area contributed by atoms with Crippen LogP contribution >= 0.6 is 0 Å². The van der Waals surface area contributed by atoms with Crippen molar-refractivity contribution in [2.24, 2.45) is 5.73 Å². The van der Waals surface area contributed by atoms with Gasteiger partial charge in [0.25, 0.3) is 0 Å². The third-order valence-corrected chi connectivity index (χ3v) is 5.89. The van der Waals surface area contributed by atoms with Crippen LogP contribution in [0.25, 0.3) is 0 Å². The Bertz CT molecular complexity index is 757. The highest BCUT2D eigenvalue weighted by molar-refractivity contribution is 7.91. The van der Waals surface area contributed by atoms with Gasteiger partial charge in [-0.2, -0.15) is 0 Å². The first-order valence-corrected chi connectivity index (χ1v) is 9.59. The maximum atomic E-state index is 12.6. The molecule has 138 valence electrons. The molecule has 1 heterocycles. The molecule has 0 atom stereocenters. The molecule has 6 nitrogen and oxygen atoms in total. The van der Waals surface area contributed by atoms with E-state index in [1.54, 1.807) is 0 Å². The molecule has 0 bridgehead atoms. The van der Waals surface area contributed by atoms with Crippen molar-refractivity contribution in [2.75, 3.05) is 19.0 Å². The molecule has 2 N–H and O–H groups in total. The van der Waals surface area contributed by atoms with Crippen molar-refractivity contribution < 1.29 is 22.3 Å². The van der Waals surface area contributed by atoms with E-state index in [0.29, 0.717) is 30.5 Å². The average molecular weight is 370 g/mol. The van der Waals surface area contributed by atoms with Crippen molar-refractivity contribution >= 4 is 15.7 Å². The maximum absolute atomic E-state index is 12.6. The maximum Gasteiger partial charge on any atom is 0.223 e. The molecular formula is C17H23FN2O4S. The molecule has 1 aliphatic heterocycles. The fourth-order valence-corrected chi connectivity index (χ4v) is 4.10. The molecule has 0 radical (unpaired) electrons. The third-order valence-electron chi connectivity index (χ3n) is 4.31. The Balaban J connectivity index is 2.09. The summed E-state index contributed by atoms with van der Waals surface area (Å²) in [6, 6.07) is 5.82. The zero-order chi connectivity index (χ0) is 18.7. The Morgan fingerprint density at radius 3 is 2.48 bits per heavy atom. The summed E-state index contributed by atoms with van der Waals surface area (Å²) in [6.45, 7) is 3.76. The van der Waals surface area contributed by atoms with Crippen molar-refractivity contribution in [3.8, 4) is 5.75 Å². The number of nitrogens with two attached hydrogens (primary N) is 1. The van der Waals surface area contributed by atoms with Crippen LogP contribution in [0.2, 0.25) is 0 Å². The lowest BCUT2D eigenvalue weighted by molar-refractivity contribution is -0.129. The van der Waals surface area contributed by atoms with Crippen LogP contribution in [0.3, 0.4) is 0 Å². The second-order valence-electron chi connectivity index (χ2n) is 6.61. The third kappa shape index (κ3) is 4.58. The van der Waals surface area contributed by atoms with Gasteiger partial charge in [-0.15, -0.1) is 0 Å². The van der Waals surface area contributed by atoms with Crippen LogP contribution in [0.5, 0.6) is 5.75 Å². The lowest BCUT2D eigenvalue weighted by Crippen LogP contribution is -2.43. The minimum absolute atomic E-state index is 0.00440. The second kappa shape index (κ2) is 7.53. The van der Waals surface area contributed by atoms with Gasteiger partial charge in [-0.1, -0.05) is 0 Å². The van der Waals surface area contributed by atoms with Gasteiger partial charge in [0.15, 0.2) is 9.84 Å². The predicted octanol–water partition coefficient (Wildman–Crippen LogP) is 2.01. The molecular weight excluding hydrogens is 347 g/mol. The molecule has 0 aliphatic carbocycles. The molecule has 1 aromatic rings. The van der Waals surface area contributed by atoms with Crippen molar-refractivity contribution in [1.82, 2.24) is 4.90 Å². The molecule has 1 saturated heterocycles. The van der Waals surface area contributed by atoms with E-state index in [4.69, 9.17) is 10.5 Å². The van der Waals surface area contributed by atoms with Gasteiger partial charge in [0, 0.05) is 24.1 Å². The summed E-state index contributed by atoms with van der Waals surface area (Å²) in [7, 11) is -3.65. The van der Waals surface area contributed by atoms with Gasteiger partial charge < -0.3 is 15.4 Å². The molecule has 8 heteroatoms. The second-order valence-corrected chi connectivity index (χ2v) is 8.57. The van der Waals surface area contributed by atoms with Crippen molar-refractivity contribution in [3.63, 3.8) is 0 Å². The summed E-state index contributed by atoms with van der Waals surface area (Å²) in [4.78, 5) is 13.5. The fourth-order valence-electron chi connectivity index (χ4n) is 2.57. The number of sulfone groups is 1. The van der Waals surface area contributed by atoms with Crippen molar-refractivity contribution in [1.29, 1.82) is 0 Å². The molecule has 1 aliphatic rings. The van der Waals surface area contributed by atoms with Crippen molar-refractivity contribution in [3.05, 3.63) is 36.2 Å². The molecule has 1 fully saturated rings. The highest BCUT2D eigenvalue weighted by Crippen LogP contribution is 2.31. The Hall–Kier alpha value is -1.93. The summed E-state index contributed by atoms with van der Waals surface area (Å²) in [6.07, 6.45) is 1.40. The number of likely N-dealkylation sites (tertiary alicyclic amines) is 1. The monoisotopic (exact) mass is 370 g/mol. The Kier molecular flexibility index (Phi) is 5.84. The minimum Gasteiger partial charge on any atom is -0.489 e. The average Bonchev–Trinajstić information content (AvgIpc) is 2.83. The number of amides is 1. The summed E-state index contributed by atoms with van der Waals surface area (Å²) < 4.78 is 43.0. The molecule has 0 unspecified atom stereocenters. The van der Waals surface area contributed by atoms with Crippen LogP contribution in [0.1, 0.15) is 26.7 Å². The fraction of sp³-hybridized carbons (Fsp3) is 0.471. The van der Waals surface area contributed by atoms with Crippen molar-refractivity contribution in [2.45, 2.75) is 37.1 Å². The smallest absolute Gasteiger partial charge is 0.223 e. The van der Waals surface area contributed by atoms with Gasteiger partial charge in [-0.05, 0) is 44.5 Å². The molecule has 0 saturated carbocycles. The van der Waals surface area contributed by atoms with Gasteiger partial charge in [0.05, 0.1) is 11.2 Å². The normalized spacial score (nSPS) is 17.8. The zero-order valence-corrected chi connectivity index (χ0v) is 15.2. The molecule has 1 amide bonds. The van der Waals surface area contributed by atoms with Crippen LogP contribution in [0.15, 0.2) is 41.1 Å². The molecule has 25 heavy (non-hydrogen) atoms. The number of halogens is 1.